The number of carbonyl (C=O) groups excluding carboxylic acids is 2. The SMILES string of the molecule is CCN1C[C@]2(OC(=O)c3ccccc3CC(=O)Oc3ccccc3)CC[C@H](CO)[C@]34C1[C@H](CC23)[C@@]1(O)C[C@H](OC)[C@H]2CC4[C@]1(O)[C@H]2OC. The molecule has 7 bridgehead atoms. The topological polar surface area (TPSA) is 135 Å². The molecule has 2 aromatic rings. The second-order valence-corrected chi connectivity index (χ2v) is 15.2. The van der Waals surface area contributed by atoms with Gasteiger partial charge in [-0.1, -0.05) is 43.3 Å². The van der Waals surface area contributed by atoms with Gasteiger partial charge in [0.25, 0.3) is 0 Å². The molecule has 48 heavy (non-hydrogen) atoms. The number of para-hydroxylation sites is 1. The lowest BCUT2D eigenvalue weighted by atomic mass is 9.42. The van der Waals surface area contributed by atoms with E-state index in [0.29, 0.717) is 62.1 Å². The van der Waals surface area contributed by atoms with E-state index in [4.69, 9.17) is 18.9 Å². The summed E-state index contributed by atoms with van der Waals surface area (Å²) in [4.78, 5) is 29.7. The summed E-state index contributed by atoms with van der Waals surface area (Å²) < 4.78 is 24.4. The number of hydrogen-bond donors (Lipinski definition) is 3. The van der Waals surface area contributed by atoms with Crippen LogP contribution in [0.2, 0.25) is 0 Å². The Labute approximate surface area is 281 Å². The summed E-state index contributed by atoms with van der Waals surface area (Å²) in [6, 6.07) is 15.8. The summed E-state index contributed by atoms with van der Waals surface area (Å²) in [5.74, 6) is -1.69. The van der Waals surface area contributed by atoms with Crippen molar-refractivity contribution in [1.29, 1.82) is 0 Å². The lowest BCUT2D eigenvalue weighted by Gasteiger charge is -2.71. The molecule has 258 valence electrons. The van der Waals surface area contributed by atoms with E-state index in [1.165, 1.54) is 0 Å². The van der Waals surface area contributed by atoms with E-state index in [9.17, 15) is 24.9 Å². The standard InChI is InChI=1S/C38H47NO9/c1-4-39-21-35(48-34(42)25-13-9-8-10-22(25)16-31(41)47-24-11-6-5-7-12-24)15-14-23(20-40)37-29(35)18-27(32(37)39)36(43)19-28(45-2)26-17-30(37)38(36,44)33(26)46-3/h5-13,23,26-30,32-33,40,43-44H,4,14-21H2,1-3H3/t23-,26-,27+,28+,29?,30?,32?,33+,35-,36+,37+,38+/m1/s1. The third-order valence-corrected chi connectivity index (χ3v) is 13.9. The summed E-state index contributed by atoms with van der Waals surface area (Å²) in [5.41, 5.74) is -3.68. The average Bonchev–Trinajstić information content (AvgIpc) is 3.51. The lowest BCUT2D eigenvalue weighted by molar-refractivity contribution is -0.333. The van der Waals surface area contributed by atoms with Gasteiger partial charge >= 0.3 is 11.9 Å². The minimum Gasteiger partial charge on any atom is -0.454 e. The Morgan fingerprint density at radius 1 is 0.979 bits per heavy atom. The number of likely N-dealkylation sites (tertiary alicyclic amines) is 1. The van der Waals surface area contributed by atoms with Crippen molar-refractivity contribution in [3.8, 4) is 5.75 Å². The zero-order valence-corrected chi connectivity index (χ0v) is 27.9. The van der Waals surface area contributed by atoms with Crippen LogP contribution in [0.1, 0.15) is 54.9 Å². The highest BCUT2D eigenvalue weighted by molar-refractivity contribution is 5.93. The molecule has 6 fully saturated rings. The number of rotatable bonds is 9. The van der Waals surface area contributed by atoms with Gasteiger partial charge in [-0.05, 0) is 61.9 Å². The first-order valence-electron chi connectivity index (χ1n) is 17.5. The maximum Gasteiger partial charge on any atom is 0.339 e. The van der Waals surface area contributed by atoms with E-state index in [2.05, 4.69) is 11.8 Å². The summed E-state index contributed by atoms with van der Waals surface area (Å²) in [5, 5.41) is 36.9. The molecule has 10 nitrogen and oxygen atoms in total. The van der Waals surface area contributed by atoms with Crippen LogP contribution >= 0.6 is 0 Å². The van der Waals surface area contributed by atoms with E-state index in [1.54, 1.807) is 62.8 Å². The molecule has 1 heterocycles. The quantitative estimate of drug-likeness (QED) is 0.272. The number of aliphatic hydroxyl groups is 3. The minimum atomic E-state index is -1.53. The number of benzene rings is 2. The van der Waals surface area contributed by atoms with Crippen LogP contribution in [0.15, 0.2) is 54.6 Å². The monoisotopic (exact) mass is 661 g/mol. The average molecular weight is 662 g/mol. The molecule has 1 spiro atoms. The molecule has 5 aliphatic carbocycles. The van der Waals surface area contributed by atoms with E-state index in [-0.39, 0.29) is 54.8 Å². The number of hydrogen-bond acceptors (Lipinski definition) is 10. The molecule has 0 amide bonds. The second-order valence-electron chi connectivity index (χ2n) is 15.2. The molecule has 3 N–H and O–H groups in total. The van der Waals surface area contributed by atoms with Crippen LogP contribution in [0, 0.1) is 35.0 Å². The molecule has 2 aromatic carbocycles. The molecule has 5 saturated carbocycles. The van der Waals surface area contributed by atoms with Crippen molar-refractivity contribution in [2.75, 3.05) is 33.9 Å². The van der Waals surface area contributed by atoms with Crippen molar-refractivity contribution in [2.45, 2.75) is 80.5 Å². The zero-order valence-electron chi connectivity index (χ0n) is 27.9. The van der Waals surface area contributed by atoms with Crippen molar-refractivity contribution in [1.82, 2.24) is 4.90 Å². The van der Waals surface area contributed by atoms with Gasteiger partial charge in [-0.2, -0.15) is 0 Å². The van der Waals surface area contributed by atoms with Gasteiger partial charge in [-0.25, -0.2) is 4.79 Å². The summed E-state index contributed by atoms with van der Waals surface area (Å²) in [7, 11) is 3.27. The molecule has 12 atom stereocenters. The fourth-order valence-corrected chi connectivity index (χ4v) is 12.5. The minimum absolute atomic E-state index is 0.0469. The maximum absolute atomic E-state index is 14.4. The first-order valence-corrected chi connectivity index (χ1v) is 17.5. The van der Waals surface area contributed by atoms with Crippen LogP contribution in [-0.2, 0) is 25.4 Å². The Morgan fingerprint density at radius 3 is 2.44 bits per heavy atom. The van der Waals surface area contributed by atoms with E-state index in [1.807, 2.05) is 6.07 Å². The Bertz CT molecular complexity index is 1590. The number of carbonyl (C=O) groups is 2. The van der Waals surface area contributed by atoms with Gasteiger partial charge in [0.15, 0.2) is 0 Å². The molecule has 8 rings (SSSR count). The molecule has 10 heteroatoms. The maximum atomic E-state index is 14.4. The number of ether oxygens (including phenoxy) is 4. The van der Waals surface area contributed by atoms with Gasteiger partial charge in [-0.3, -0.25) is 9.69 Å². The number of esters is 2. The van der Waals surface area contributed by atoms with Crippen LogP contribution in [0.25, 0.3) is 0 Å². The fraction of sp³-hybridized carbons (Fsp3) is 0.632. The van der Waals surface area contributed by atoms with Gasteiger partial charge in [0.1, 0.15) is 22.6 Å². The Morgan fingerprint density at radius 2 is 1.73 bits per heavy atom. The second kappa shape index (κ2) is 11.3. The van der Waals surface area contributed by atoms with Gasteiger partial charge in [-0.15, -0.1) is 0 Å². The third-order valence-electron chi connectivity index (χ3n) is 13.9. The largest absolute Gasteiger partial charge is 0.454 e. The third kappa shape index (κ3) is 4.01. The molecule has 1 saturated heterocycles. The number of aliphatic hydroxyl groups excluding tert-OH is 1. The molecule has 0 radical (unpaired) electrons. The zero-order chi connectivity index (χ0) is 33.6. The first kappa shape index (κ1) is 32.4. The molecule has 0 aromatic heterocycles. The highest BCUT2D eigenvalue weighted by Crippen LogP contribution is 2.80. The number of piperidine rings is 1. The molecular formula is C38H47NO9. The normalized spacial score (nSPS) is 43.5. The van der Waals surface area contributed by atoms with Crippen LogP contribution in [0.4, 0.5) is 0 Å². The number of fused-ring (bicyclic) bond motifs is 2. The number of likely N-dealkylation sites (N-methyl/N-ethyl adjacent to an activating group) is 1. The molecular weight excluding hydrogens is 614 g/mol. The Hall–Kier alpha value is -2.86. The van der Waals surface area contributed by atoms with Gasteiger partial charge in [0.05, 0.1) is 24.2 Å². The lowest BCUT2D eigenvalue weighted by Crippen LogP contribution is -2.82. The van der Waals surface area contributed by atoms with Crippen molar-refractivity contribution >= 4 is 11.9 Å². The summed E-state index contributed by atoms with van der Waals surface area (Å²) in [6.45, 7) is 3.22. The van der Waals surface area contributed by atoms with Crippen LogP contribution in [0.5, 0.6) is 5.75 Å². The van der Waals surface area contributed by atoms with Crippen LogP contribution in [-0.4, -0.2) is 101 Å². The Kier molecular flexibility index (Phi) is 7.64. The predicted molar refractivity (Wildman–Crippen MR) is 173 cm³/mol. The predicted octanol–water partition coefficient (Wildman–Crippen LogP) is 3.00. The highest BCUT2D eigenvalue weighted by atomic mass is 16.6. The van der Waals surface area contributed by atoms with E-state index in [0.717, 1.165) is 0 Å². The smallest absolute Gasteiger partial charge is 0.339 e. The number of methoxy groups -OCH3 is 2. The highest BCUT2D eigenvalue weighted by Gasteiger charge is 2.88. The van der Waals surface area contributed by atoms with Crippen molar-refractivity contribution < 1.29 is 43.9 Å². The number of nitrogens with zero attached hydrogens (tertiary/aromatic N) is 1. The van der Waals surface area contributed by atoms with Gasteiger partial charge in [0.2, 0.25) is 0 Å². The van der Waals surface area contributed by atoms with Crippen LogP contribution < -0.4 is 4.74 Å². The van der Waals surface area contributed by atoms with Crippen molar-refractivity contribution in [2.24, 2.45) is 35.0 Å². The van der Waals surface area contributed by atoms with Gasteiger partial charge < -0.3 is 34.3 Å². The first-order chi connectivity index (χ1) is 23.1. The van der Waals surface area contributed by atoms with Gasteiger partial charge in [0, 0.05) is 68.9 Å². The van der Waals surface area contributed by atoms with E-state index >= 15 is 0 Å². The van der Waals surface area contributed by atoms with E-state index < -0.39 is 40.3 Å². The summed E-state index contributed by atoms with van der Waals surface area (Å²) >= 11 is 0. The molecule has 1 aliphatic heterocycles. The van der Waals surface area contributed by atoms with Crippen molar-refractivity contribution in [3.05, 3.63) is 65.7 Å². The Balaban J connectivity index is 1.18. The van der Waals surface area contributed by atoms with Crippen molar-refractivity contribution in [3.63, 3.8) is 0 Å². The summed E-state index contributed by atoms with van der Waals surface area (Å²) in [6.07, 6.45) is 1.69. The molecule has 6 aliphatic rings. The van der Waals surface area contributed by atoms with Crippen LogP contribution in [0.3, 0.4) is 0 Å². The fourth-order valence-electron chi connectivity index (χ4n) is 12.5. The molecule has 3 unspecified atom stereocenters.